The Morgan fingerprint density at radius 1 is 1.32 bits per heavy atom. The number of carbonyl (C=O) groups excluding carboxylic acids is 1. The molecule has 2 rings (SSSR count). The van der Waals surface area contributed by atoms with Gasteiger partial charge in [-0.15, -0.1) is 0 Å². The first-order valence-corrected chi connectivity index (χ1v) is 6.94. The van der Waals surface area contributed by atoms with Gasteiger partial charge in [-0.05, 0) is 23.6 Å². The number of carboxylic acid groups (broad SMARTS) is 1. The lowest BCUT2D eigenvalue weighted by Crippen LogP contribution is -2.30. The lowest BCUT2D eigenvalue weighted by Gasteiger charge is -2.09. The van der Waals surface area contributed by atoms with E-state index >= 15 is 0 Å². The molecule has 0 atom stereocenters. The molecule has 0 unspecified atom stereocenters. The number of urea groups is 1. The van der Waals surface area contributed by atoms with Crippen LogP contribution >= 0.6 is 0 Å². The molecule has 22 heavy (non-hydrogen) atoms. The molecular weight excluding hydrogens is 286 g/mol. The highest BCUT2D eigenvalue weighted by Gasteiger charge is 2.06. The van der Waals surface area contributed by atoms with Gasteiger partial charge in [-0.2, -0.15) is 0 Å². The third-order valence-electron chi connectivity index (χ3n) is 3.19. The first-order valence-electron chi connectivity index (χ1n) is 6.94. The van der Waals surface area contributed by atoms with Crippen molar-refractivity contribution in [3.63, 3.8) is 0 Å². The van der Waals surface area contributed by atoms with Crippen molar-refractivity contribution >= 4 is 28.6 Å². The van der Waals surface area contributed by atoms with Crippen LogP contribution in [0.2, 0.25) is 0 Å². The molecule has 3 N–H and O–H groups in total. The second-order valence-corrected chi connectivity index (χ2v) is 4.80. The first kappa shape index (κ1) is 15.8. The van der Waals surface area contributed by atoms with Gasteiger partial charge in [0.05, 0.1) is 18.5 Å². The Morgan fingerprint density at radius 3 is 2.86 bits per heavy atom. The number of benzene rings is 1. The summed E-state index contributed by atoms with van der Waals surface area (Å²) in [6, 6.07) is 7.19. The Hall–Kier alpha value is -2.54. The summed E-state index contributed by atoms with van der Waals surface area (Å²) in [5.74, 6) is -0.947. The van der Waals surface area contributed by atoms with Crippen molar-refractivity contribution < 1.29 is 19.4 Å². The summed E-state index contributed by atoms with van der Waals surface area (Å²) in [4.78, 5) is 22.1. The van der Waals surface area contributed by atoms with Crippen molar-refractivity contribution in [1.82, 2.24) is 9.88 Å². The van der Waals surface area contributed by atoms with Crippen molar-refractivity contribution in [1.29, 1.82) is 0 Å². The maximum atomic E-state index is 11.7. The second-order valence-electron chi connectivity index (χ2n) is 4.80. The summed E-state index contributed by atoms with van der Waals surface area (Å²) in [6.07, 6.45) is 1.87. The lowest BCUT2D eigenvalue weighted by molar-refractivity contribution is -0.136. The van der Waals surface area contributed by atoms with Crippen molar-refractivity contribution in [2.75, 3.05) is 25.6 Å². The Labute approximate surface area is 127 Å². The second kappa shape index (κ2) is 7.46. The maximum absolute atomic E-state index is 11.7. The van der Waals surface area contributed by atoms with Crippen LogP contribution in [0.4, 0.5) is 10.5 Å². The van der Waals surface area contributed by atoms with E-state index in [1.54, 1.807) is 13.2 Å². The highest BCUT2D eigenvalue weighted by molar-refractivity contribution is 5.92. The molecule has 0 saturated carbocycles. The molecule has 7 heteroatoms. The minimum absolute atomic E-state index is 0.0909. The summed E-state index contributed by atoms with van der Waals surface area (Å²) >= 11 is 0. The predicted molar refractivity (Wildman–Crippen MR) is 83.1 cm³/mol. The zero-order valence-corrected chi connectivity index (χ0v) is 12.3. The zero-order valence-electron chi connectivity index (χ0n) is 12.3. The number of ether oxygens (including phenoxy) is 1. The van der Waals surface area contributed by atoms with Gasteiger partial charge in [-0.3, -0.25) is 4.79 Å². The Bertz CT molecular complexity index is 666. The molecule has 1 aromatic heterocycles. The van der Waals surface area contributed by atoms with Crippen LogP contribution in [0.1, 0.15) is 6.42 Å². The van der Waals surface area contributed by atoms with Gasteiger partial charge in [-0.1, -0.05) is 6.07 Å². The highest BCUT2D eigenvalue weighted by Crippen LogP contribution is 2.20. The van der Waals surface area contributed by atoms with Crippen LogP contribution in [-0.4, -0.2) is 41.9 Å². The van der Waals surface area contributed by atoms with E-state index in [-0.39, 0.29) is 13.0 Å². The van der Waals surface area contributed by atoms with Crippen LogP contribution in [0, 0.1) is 0 Å². The fourth-order valence-corrected chi connectivity index (χ4v) is 2.10. The minimum atomic E-state index is -0.947. The van der Waals surface area contributed by atoms with Crippen LogP contribution in [0.5, 0.6) is 0 Å². The number of carbonyl (C=O) groups is 2. The van der Waals surface area contributed by atoms with E-state index in [1.165, 1.54) is 0 Å². The van der Waals surface area contributed by atoms with Gasteiger partial charge in [0.25, 0.3) is 0 Å². The molecule has 2 amide bonds. The molecule has 0 fully saturated rings. The van der Waals surface area contributed by atoms with Crippen LogP contribution in [-0.2, 0) is 16.1 Å². The number of fused-ring (bicyclic) bond motifs is 1. The number of nitrogens with one attached hydrogen (secondary N) is 2. The molecule has 0 aliphatic heterocycles. The third-order valence-corrected chi connectivity index (χ3v) is 3.19. The molecule has 7 nitrogen and oxygen atoms in total. The quantitative estimate of drug-likeness (QED) is 0.728. The average Bonchev–Trinajstić information content (AvgIpc) is 2.87. The number of aliphatic carboxylic acids is 1. The van der Waals surface area contributed by atoms with E-state index in [9.17, 15) is 9.59 Å². The molecule has 1 aromatic carbocycles. The minimum Gasteiger partial charge on any atom is -0.481 e. The maximum Gasteiger partial charge on any atom is 0.319 e. The van der Waals surface area contributed by atoms with Crippen LogP contribution in [0.25, 0.3) is 10.9 Å². The molecular formula is C15H19N3O4. The molecule has 1 heterocycles. The summed E-state index contributed by atoms with van der Waals surface area (Å²) < 4.78 is 7.12. The molecule has 0 spiro atoms. The van der Waals surface area contributed by atoms with Gasteiger partial charge in [-0.25, -0.2) is 4.79 Å². The summed E-state index contributed by atoms with van der Waals surface area (Å²) in [5.41, 5.74) is 1.65. The summed E-state index contributed by atoms with van der Waals surface area (Å²) in [6.45, 7) is 1.43. The highest BCUT2D eigenvalue weighted by atomic mass is 16.5. The first-order chi connectivity index (χ1) is 10.6. The lowest BCUT2D eigenvalue weighted by atomic mass is 10.2. The molecule has 0 aliphatic rings. The molecule has 0 radical (unpaired) electrons. The average molecular weight is 305 g/mol. The van der Waals surface area contributed by atoms with Crippen LogP contribution in [0.3, 0.4) is 0 Å². The van der Waals surface area contributed by atoms with Gasteiger partial charge in [0, 0.05) is 32.1 Å². The van der Waals surface area contributed by atoms with Crippen molar-refractivity contribution in [3.05, 3.63) is 30.5 Å². The van der Waals surface area contributed by atoms with Gasteiger partial charge >= 0.3 is 12.0 Å². The van der Waals surface area contributed by atoms with E-state index in [4.69, 9.17) is 9.84 Å². The monoisotopic (exact) mass is 305 g/mol. The molecule has 0 saturated heterocycles. The largest absolute Gasteiger partial charge is 0.481 e. The Balaban J connectivity index is 2.01. The van der Waals surface area contributed by atoms with Crippen molar-refractivity contribution in [3.8, 4) is 0 Å². The van der Waals surface area contributed by atoms with E-state index in [0.717, 1.165) is 17.4 Å². The number of carboxylic acids is 1. The molecule has 118 valence electrons. The topological polar surface area (TPSA) is 92.6 Å². The van der Waals surface area contributed by atoms with E-state index < -0.39 is 12.0 Å². The number of hydrogen-bond donors (Lipinski definition) is 3. The normalized spacial score (nSPS) is 10.6. The smallest absolute Gasteiger partial charge is 0.319 e. The van der Waals surface area contributed by atoms with Crippen molar-refractivity contribution in [2.24, 2.45) is 0 Å². The van der Waals surface area contributed by atoms with E-state index in [0.29, 0.717) is 12.3 Å². The van der Waals surface area contributed by atoms with Crippen LogP contribution < -0.4 is 10.6 Å². The number of methoxy groups -OCH3 is 1. The third kappa shape index (κ3) is 4.23. The summed E-state index contributed by atoms with van der Waals surface area (Å²) in [5, 5.41) is 14.8. The Morgan fingerprint density at radius 2 is 2.14 bits per heavy atom. The molecule has 2 aromatic rings. The van der Waals surface area contributed by atoms with Gasteiger partial charge < -0.3 is 25.0 Å². The number of rotatable bonds is 7. The predicted octanol–water partition coefficient (Wildman–Crippen LogP) is 1.88. The fourth-order valence-electron chi connectivity index (χ4n) is 2.10. The standard InChI is InChI=1S/C15H19N3O4/c1-22-9-8-18-7-5-11-2-3-12(10-13(11)18)17-15(21)16-6-4-14(19)20/h2-3,5,7,10H,4,6,8-9H2,1H3,(H,19,20)(H2,16,17,21). The number of amides is 2. The number of anilines is 1. The van der Waals surface area contributed by atoms with Gasteiger partial charge in [0.15, 0.2) is 0 Å². The number of aromatic nitrogens is 1. The summed E-state index contributed by atoms with van der Waals surface area (Å²) in [7, 11) is 1.65. The zero-order chi connectivity index (χ0) is 15.9. The van der Waals surface area contributed by atoms with Gasteiger partial charge in [0.1, 0.15) is 0 Å². The van der Waals surface area contributed by atoms with Crippen LogP contribution in [0.15, 0.2) is 30.5 Å². The fraction of sp³-hybridized carbons (Fsp3) is 0.333. The van der Waals surface area contributed by atoms with Gasteiger partial charge in [0.2, 0.25) is 0 Å². The van der Waals surface area contributed by atoms with E-state index in [2.05, 4.69) is 10.6 Å². The SMILES string of the molecule is COCCn1ccc2ccc(NC(=O)NCCC(=O)O)cc21. The number of nitrogens with zero attached hydrogens (tertiary/aromatic N) is 1. The van der Waals surface area contributed by atoms with E-state index in [1.807, 2.05) is 29.0 Å². The van der Waals surface area contributed by atoms with Crippen molar-refractivity contribution in [2.45, 2.75) is 13.0 Å². The molecule has 0 bridgehead atoms. The number of hydrogen-bond acceptors (Lipinski definition) is 3. The Kier molecular flexibility index (Phi) is 5.37. The molecule has 0 aliphatic carbocycles.